The highest BCUT2D eigenvalue weighted by atomic mass is 16.5. The van der Waals surface area contributed by atoms with Crippen LogP contribution in [0, 0.1) is 12.8 Å². The summed E-state index contributed by atoms with van der Waals surface area (Å²) in [5, 5.41) is 0. The second kappa shape index (κ2) is 6.52. The number of aromatic nitrogens is 3. The molecular weight excluding hydrogens is 264 g/mol. The molecule has 3 rings (SSSR count). The number of ether oxygens (including phenoxy) is 1. The van der Waals surface area contributed by atoms with Crippen LogP contribution in [-0.4, -0.2) is 34.6 Å². The molecule has 1 saturated heterocycles. The SMILES string of the molecule is Cc1ccnc(N2CCC(COc3ncccn3)CC2)c1. The molecule has 0 spiro atoms. The van der Waals surface area contributed by atoms with Gasteiger partial charge in [0.1, 0.15) is 5.82 Å². The van der Waals surface area contributed by atoms with Crippen molar-refractivity contribution in [3.8, 4) is 6.01 Å². The summed E-state index contributed by atoms with van der Waals surface area (Å²) in [6.45, 7) is 4.85. The van der Waals surface area contributed by atoms with E-state index in [1.54, 1.807) is 18.5 Å². The number of anilines is 1. The number of hydrogen-bond donors (Lipinski definition) is 0. The van der Waals surface area contributed by atoms with Crippen LogP contribution < -0.4 is 9.64 Å². The van der Waals surface area contributed by atoms with Gasteiger partial charge in [0.05, 0.1) is 6.61 Å². The van der Waals surface area contributed by atoms with E-state index < -0.39 is 0 Å². The van der Waals surface area contributed by atoms with Crippen molar-refractivity contribution >= 4 is 5.82 Å². The minimum atomic E-state index is 0.472. The maximum absolute atomic E-state index is 5.65. The minimum absolute atomic E-state index is 0.472. The average Bonchev–Trinajstić information content (AvgIpc) is 2.54. The van der Waals surface area contributed by atoms with Gasteiger partial charge in [-0.2, -0.15) is 0 Å². The molecular formula is C16H20N4O. The first kappa shape index (κ1) is 13.8. The predicted octanol–water partition coefficient (Wildman–Crippen LogP) is 2.48. The predicted molar refractivity (Wildman–Crippen MR) is 81.4 cm³/mol. The van der Waals surface area contributed by atoms with Gasteiger partial charge < -0.3 is 9.64 Å². The normalized spacial score (nSPS) is 16.0. The Morgan fingerprint density at radius 3 is 2.62 bits per heavy atom. The maximum atomic E-state index is 5.65. The molecule has 2 aromatic heterocycles. The lowest BCUT2D eigenvalue weighted by molar-refractivity contribution is 0.208. The minimum Gasteiger partial charge on any atom is -0.463 e. The summed E-state index contributed by atoms with van der Waals surface area (Å²) < 4.78 is 5.65. The Labute approximate surface area is 125 Å². The van der Waals surface area contributed by atoms with Crippen LogP contribution in [0.25, 0.3) is 0 Å². The fourth-order valence-electron chi connectivity index (χ4n) is 2.57. The Morgan fingerprint density at radius 2 is 1.90 bits per heavy atom. The first-order valence-electron chi connectivity index (χ1n) is 7.39. The molecule has 0 aromatic carbocycles. The van der Waals surface area contributed by atoms with Crippen molar-refractivity contribution in [2.24, 2.45) is 5.92 Å². The first-order chi connectivity index (χ1) is 10.3. The molecule has 5 heteroatoms. The van der Waals surface area contributed by atoms with Crippen molar-refractivity contribution in [1.82, 2.24) is 15.0 Å². The van der Waals surface area contributed by atoms with E-state index in [9.17, 15) is 0 Å². The number of hydrogen-bond acceptors (Lipinski definition) is 5. The molecule has 0 saturated carbocycles. The van der Waals surface area contributed by atoms with Crippen molar-refractivity contribution in [2.45, 2.75) is 19.8 Å². The summed E-state index contributed by atoms with van der Waals surface area (Å²) in [7, 11) is 0. The lowest BCUT2D eigenvalue weighted by atomic mass is 9.98. The van der Waals surface area contributed by atoms with Crippen molar-refractivity contribution in [2.75, 3.05) is 24.6 Å². The van der Waals surface area contributed by atoms with Gasteiger partial charge >= 0.3 is 6.01 Å². The van der Waals surface area contributed by atoms with Crippen LogP contribution in [-0.2, 0) is 0 Å². The zero-order valence-electron chi connectivity index (χ0n) is 12.3. The van der Waals surface area contributed by atoms with Crippen molar-refractivity contribution in [1.29, 1.82) is 0 Å². The number of aryl methyl sites for hydroxylation is 1. The number of piperidine rings is 1. The van der Waals surface area contributed by atoms with Gasteiger partial charge in [-0.3, -0.25) is 0 Å². The smallest absolute Gasteiger partial charge is 0.316 e. The molecule has 2 aromatic rings. The highest BCUT2D eigenvalue weighted by Crippen LogP contribution is 2.22. The van der Waals surface area contributed by atoms with Crippen LogP contribution in [0.15, 0.2) is 36.8 Å². The van der Waals surface area contributed by atoms with Crippen molar-refractivity contribution in [3.05, 3.63) is 42.4 Å². The lowest BCUT2D eigenvalue weighted by Crippen LogP contribution is -2.36. The Balaban J connectivity index is 1.49. The number of rotatable bonds is 4. The summed E-state index contributed by atoms with van der Waals surface area (Å²) in [6.07, 6.45) is 7.51. The quantitative estimate of drug-likeness (QED) is 0.863. The van der Waals surface area contributed by atoms with Gasteiger partial charge in [-0.05, 0) is 49.4 Å². The fourth-order valence-corrected chi connectivity index (χ4v) is 2.57. The van der Waals surface area contributed by atoms with E-state index in [1.165, 1.54) is 5.56 Å². The monoisotopic (exact) mass is 284 g/mol. The summed E-state index contributed by atoms with van der Waals surface area (Å²) in [6, 6.07) is 6.44. The molecule has 0 radical (unpaired) electrons. The molecule has 0 bridgehead atoms. The summed E-state index contributed by atoms with van der Waals surface area (Å²) in [4.78, 5) is 15.0. The van der Waals surface area contributed by atoms with E-state index in [1.807, 2.05) is 12.3 Å². The van der Waals surface area contributed by atoms with Crippen LogP contribution in [0.2, 0.25) is 0 Å². The Morgan fingerprint density at radius 1 is 1.14 bits per heavy atom. The van der Waals surface area contributed by atoms with E-state index in [-0.39, 0.29) is 0 Å². The molecule has 0 N–H and O–H groups in total. The molecule has 0 atom stereocenters. The molecule has 1 aliphatic rings. The van der Waals surface area contributed by atoms with Crippen molar-refractivity contribution in [3.63, 3.8) is 0 Å². The Hall–Kier alpha value is -2.17. The van der Waals surface area contributed by atoms with E-state index in [0.717, 1.165) is 31.7 Å². The van der Waals surface area contributed by atoms with Gasteiger partial charge in [0.25, 0.3) is 0 Å². The highest BCUT2D eigenvalue weighted by molar-refractivity contribution is 5.40. The molecule has 110 valence electrons. The van der Waals surface area contributed by atoms with E-state index in [2.05, 4.69) is 32.8 Å². The van der Waals surface area contributed by atoms with Gasteiger partial charge in [0.2, 0.25) is 0 Å². The molecule has 0 amide bonds. The van der Waals surface area contributed by atoms with E-state index >= 15 is 0 Å². The molecule has 1 fully saturated rings. The molecule has 3 heterocycles. The number of pyridine rings is 1. The summed E-state index contributed by atoms with van der Waals surface area (Å²) in [5.74, 6) is 1.65. The zero-order chi connectivity index (χ0) is 14.5. The molecule has 0 unspecified atom stereocenters. The van der Waals surface area contributed by atoms with Gasteiger partial charge in [0.15, 0.2) is 0 Å². The molecule has 0 aliphatic carbocycles. The molecule has 21 heavy (non-hydrogen) atoms. The summed E-state index contributed by atoms with van der Waals surface area (Å²) in [5.41, 5.74) is 1.26. The van der Waals surface area contributed by atoms with Crippen LogP contribution in [0.3, 0.4) is 0 Å². The molecule has 1 aliphatic heterocycles. The zero-order valence-corrected chi connectivity index (χ0v) is 12.3. The lowest BCUT2D eigenvalue weighted by Gasteiger charge is -2.32. The highest BCUT2D eigenvalue weighted by Gasteiger charge is 2.20. The topological polar surface area (TPSA) is 51.1 Å². The van der Waals surface area contributed by atoms with Gasteiger partial charge in [0, 0.05) is 31.7 Å². The second-order valence-corrected chi connectivity index (χ2v) is 5.46. The fraction of sp³-hybridized carbons (Fsp3) is 0.438. The van der Waals surface area contributed by atoms with Crippen LogP contribution in [0.4, 0.5) is 5.82 Å². The summed E-state index contributed by atoms with van der Waals surface area (Å²) >= 11 is 0. The Bertz CT molecular complexity index is 567. The number of nitrogens with zero attached hydrogens (tertiary/aromatic N) is 4. The maximum Gasteiger partial charge on any atom is 0.316 e. The third kappa shape index (κ3) is 3.68. The van der Waals surface area contributed by atoms with E-state index in [0.29, 0.717) is 18.5 Å². The van der Waals surface area contributed by atoms with Gasteiger partial charge in [-0.25, -0.2) is 15.0 Å². The largest absolute Gasteiger partial charge is 0.463 e. The van der Waals surface area contributed by atoms with Crippen LogP contribution in [0.1, 0.15) is 18.4 Å². The third-order valence-corrected chi connectivity index (χ3v) is 3.83. The Kier molecular flexibility index (Phi) is 4.28. The van der Waals surface area contributed by atoms with Crippen LogP contribution >= 0.6 is 0 Å². The first-order valence-corrected chi connectivity index (χ1v) is 7.39. The van der Waals surface area contributed by atoms with Crippen LogP contribution in [0.5, 0.6) is 6.01 Å². The third-order valence-electron chi connectivity index (χ3n) is 3.83. The molecule has 5 nitrogen and oxygen atoms in total. The average molecular weight is 284 g/mol. The second-order valence-electron chi connectivity index (χ2n) is 5.46. The van der Waals surface area contributed by atoms with Gasteiger partial charge in [-0.1, -0.05) is 0 Å². The van der Waals surface area contributed by atoms with Gasteiger partial charge in [-0.15, -0.1) is 0 Å². The van der Waals surface area contributed by atoms with E-state index in [4.69, 9.17) is 4.74 Å². The standard InChI is InChI=1S/C16H20N4O/c1-13-3-8-17-15(11-13)20-9-4-14(5-10-20)12-21-16-18-6-2-7-19-16/h2-3,6-8,11,14H,4-5,9-10,12H2,1H3. The van der Waals surface area contributed by atoms with Crippen molar-refractivity contribution < 1.29 is 4.74 Å².